The highest BCUT2D eigenvalue weighted by Crippen LogP contribution is 2.18. The van der Waals surface area contributed by atoms with Crippen LogP contribution in [0.25, 0.3) is 0 Å². The second-order valence-corrected chi connectivity index (χ2v) is 5.50. The van der Waals surface area contributed by atoms with E-state index in [0.29, 0.717) is 12.6 Å². The Kier molecular flexibility index (Phi) is 5.60. The third-order valence-corrected chi connectivity index (χ3v) is 4.03. The van der Waals surface area contributed by atoms with Crippen LogP contribution in [0.5, 0.6) is 0 Å². The SMILES string of the molecule is CCOC(=O)C(C)CN1CCC(N2CCOCC2)C1. The van der Waals surface area contributed by atoms with Crippen LogP contribution in [0.2, 0.25) is 0 Å². The summed E-state index contributed by atoms with van der Waals surface area (Å²) in [6.07, 6.45) is 1.20. The molecule has 0 aromatic carbocycles. The molecule has 0 aromatic rings. The van der Waals surface area contributed by atoms with Gasteiger partial charge in [-0.2, -0.15) is 0 Å². The highest BCUT2D eigenvalue weighted by molar-refractivity contribution is 5.72. The molecule has 110 valence electrons. The maximum atomic E-state index is 11.6. The minimum Gasteiger partial charge on any atom is -0.466 e. The summed E-state index contributed by atoms with van der Waals surface area (Å²) in [6, 6.07) is 0.637. The largest absolute Gasteiger partial charge is 0.466 e. The van der Waals surface area contributed by atoms with Crippen molar-refractivity contribution in [3.63, 3.8) is 0 Å². The Morgan fingerprint density at radius 3 is 2.79 bits per heavy atom. The van der Waals surface area contributed by atoms with Crippen LogP contribution in [0.3, 0.4) is 0 Å². The first-order chi connectivity index (χ1) is 9.20. The van der Waals surface area contributed by atoms with Gasteiger partial charge in [0.2, 0.25) is 0 Å². The molecule has 5 heteroatoms. The van der Waals surface area contributed by atoms with Crippen molar-refractivity contribution in [2.24, 2.45) is 5.92 Å². The standard InChI is InChI=1S/C14H26N2O3/c1-3-19-14(17)12(2)10-15-5-4-13(11-15)16-6-8-18-9-7-16/h12-13H,3-11H2,1-2H3. The van der Waals surface area contributed by atoms with Gasteiger partial charge in [0.15, 0.2) is 0 Å². The minimum atomic E-state index is -0.0719. The van der Waals surface area contributed by atoms with Gasteiger partial charge in [-0.15, -0.1) is 0 Å². The fourth-order valence-electron chi connectivity index (χ4n) is 2.97. The summed E-state index contributed by atoms with van der Waals surface area (Å²) in [7, 11) is 0. The van der Waals surface area contributed by atoms with E-state index in [1.165, 1.54) is 6.42 Å². The predicted octanol–water partition coefficient (Wildman–Crippen LogP) is 0.592. The van der Waals surface area contributed by atoms with Gasteiger partial charge in [0.05, 0.1) is 25.7 Å². The van der Waals surface area contributed by atoms with Gasteiger partial charge in [0, 0.05) is 32.2 Å². The number of carbonyl (C=O) groups is 1. The van der Waals surface area contributed by atoms with Crippen molar-refractivity contribution in [1.29, 1.82) is 0 Å². The molecule has 2 atom stereocenters. The highest BCUT2D eigenvalue weighted by atomic mass is 16.5. The monoisotopic (exact) mass is 270 g/mol. The van der Waals surface area contributed by atoms with Crippen LogP contribution in [0, 0.1) is 5.92 Å². The van der Waals surface area contributed by atoms with Crippen LogP contribution >= 0.6 is 0 Å². The van der Waals surface area contributed by atoms with Crippen molar-refractivity contribution >= 4 is 5.97 Å². The number of esters is 1. The number of carbonyl (C=O) groups excluding carboxylic acids is 1. The third-order valence-electron chi connectivity index (χ3n) is 4.03. The van der Waals surface area contributed by atoms with Crippen molar-refractivity contribution in [1.82, 2.24) is 9.80 Å². The maximum Gasteiger partial charge on any atom is 0.309 e. The van der Waals surface area contributed by atoms with Crippen LogP contribution in [0.4, 0.5) is 0 Å². The van der Waals surface area contributed by atoms with E-state index in [4.69, 9.17) is 9.47 Å². The lowest BCUT2D eigenvalue weighted by molar-refractivity contribution is -0.147. The molecule has 2 rings (SSSR count). The van der Waals surface area contributed by atoms with Gasteiger partial charge in [-0.3, -0.25) is 9.69 Å². The van der Waals surface area contributed by atoms with Gasteiger partial charge in [-0.25, -0.2) is 0 Å². The number of rotatable bonds is 5. The number of ether oxygens (including phenoxy) is 2. The van der Waals surface area contributed by atoms with E-state index >= 15 is 0 Å². The molecule has 0 amide bonds. The molecule has 5 nitrogen and oxygen atoms in total. The molecule has 0 saturated carbocycles. The molecular weight excluding hydrogens is 244 g/mol. The number of hydrogen-bond donors (Lipinski definition) is 0. The first kappa shape index (κ1) is 14.8. The summed E-state index contributed by atoms with van der Waals surface area (Å²) in [5.41, 5.74) is 0. The Hall–Kier alpha value is -0.650. The van der Waals surface area contributed by atoms with Gasteiger partial charge in [-0.1, -0.05) is 6.92 Å². The maximum absolute atomic E-state index is 11.6. The van der Waals surface area contributed by atoms with Crippen molar-refractivity contribution in [3.8, 4) is 0 Å². The van der Waals surface area contributed by atoms with Gasteiger partial charge in [0.25, 0.3) is 0 Å². The Morgan fingerprint density at radius 2 is 2.11 bits per heavy atom. The Bertz CT molecular complexity index is 292. The van der Waals surface area contributed by atoms with Crippen molar-refractivity contribution < 1.29 is 14.3 Å². The summed E-state index contributed by atoms with van der Waals surface area (Å²) in [6.45, 7) is 11.1. The zero-order valence-corrected chi connectivity index (χ0v) is 12.1. The van der Waals surface area contributed by atoms with Crippen LogP contribution < -0.4 is 0 Å². The van der Waals surface area contributed by atoms with E-state index in [1.807, 2.05) is 13.8 Å². The zero-order chi connectivity index (χ0) is 13.7. The molecule has 19 heavy (non-hydrogen) atoms. The van der Waals surface area contributed by atoms with Gasteiger partial charge in [0.1, 0.15) is 0 Å². The number of morpholine rings is 1. The molecule has 0 aliphatic carbocycles. The van der Waals surface area contributed by atoms with Gasteiger partial charge in [-0.05, 0) is 19.9 Å². The molecule has 2 aliphatic rings. The van der Waals surface area contributed by atoms with E-state index in [9.17, 15) is 4.79 Å². The molecule has 2 heterocycles. The highest BCUT2D eigenvalue weighted by Gasteiger charge is 2.30. The van der Waals surface area contributed by atoms with E-state index in [2.05, 4.69) is 9.80 Å². The summed E-state index contributed by atoms with van der Waals surface area (Å²) >= 11 is 0. The summed E-state index contributed by atoms with van der Waals surface area (Å²) in [5, 5.41) is 0. The van der Waals surface area contributed by atoms with E-state index < -0.39 is 0 Å². The summed E-state index contributed by atoms with van der Waals surface area (Å²) in [4.78, 5) is 16.6. The Balaban J connectivity index is 1.73. The lowest BCUT2D eigenvalue weighted by Crippen LogP contribution is -2.45. The lowest BCUT2D eigenvalue weighted by Gasteiger charge is -2.32. The topological polar surface area (TPSA) is 42.0 Å². The minimum absolute atomic E-state index is 0.0246. The Morgan fingerprint density at radius 1 is 1.37 bits per heavy atom. The van der Waals surface area contributed by atoms with Crippen molar-refractivity contribution in [3.05, 3.63) is 0 Å². The molecule has 2 aliphatic heterocycles. The van der Waals surface area contributed by atoms with E-state index in [1.54, 1.807) is 0 Å². The molecular formula is C14H26N2O3. The first-order valence-corrected chi connectivity index (χ1v) is 7.41. The summed E-state index contributed by atoms with van der Waals surface area (Å²) in [5.74, 6) is -0.0966. The van der Waals surface area contributed by atoms with E-state index in [-0.39, 0.29) is 11.9 Å². The second kappa shape index (κ2) is 7.22. The molecule has 0 radical (unpaired) electrons. The zero-order valence-electron chi connectivity index (χ0n) is 12.1. The predicted molar refractivity (Wildman–Crippen MR) is 73.0 cm³/mol. The second-order valence-electron chi connectivity index (χ2n) is 5.50. The van der Waals surface area contributed by atoms with Gasteiger partial charge >= 0.3 is 5.97 Å². The molecule has 0 spiro atoms. The average molecular weight is 270 g/mol. The first-order valence-electron chi connectivity index (χ1n) is 7.41. The fraction of sp³-hybridized carbons (Fsp3) is 0.929. The molecule has 0 bridgehead atoms. The van der Waals surface area contributed by atoms with Crippen LogP contribution in [0.1, 0.15) is 20.3 Å². The molecule has 2 unspecified atom stereocenters. The number of hydrogen-bond acceptors (Lipinski definition) is 5. The molecule has 2 fully saturated rings. The average Bonchev–Trinajstić information content (AvgIpc) is 2.88. The molecule has 0 aromatic heterocycles. The van der Waals surface area contributed by atoms with Crippen LogP contribution in [-0.2, 0) is 14.3 Å². The number of nitrogens with zero attached hydrogens (tertiary/aromatic N) is 2. The molecule has 0 N–H and O–H groups in total. The van der Waals surface area contributed by atoms with Crippen LogP contribution in [-0.4, -0.2) is 74.4 Å². The van der Waals surface area contributed by atoms with Crippen molar-refractivity contribution in [2.75, 3.05) is 52.5 Å². The van der Waals surface area contributed by atoms with E-state index in [0.717, 1.165) is 45.9 Å². The third kappa shape index (κ3) is 4.16. The smallest absolute Gasteiger partial charge is 0.309 e. The van der Waals surface area contributed by atoms with Crippen molar-refractivity contribution in [2.45, 2.75) is 26.3 Å². The normalized spacial score (nSPS) is 27.4. The fourth-order valence-corrected chi connectivity index (χ4v) is 2.97. The van der Waals surface area contributed by atoms with Crippen LogP contribution in [0.15, 0.2) is 0 Å². The van der Waals surface area contributed by atoms with Gasteiger partial charge < -0.3 is 14.4 Å². The summed E-state index contributed by atoms with van der Waals surface area (Å²) < 4.78 is 10.5. The number of likely N-dealkylation sites (tertiary alicyclic amines) is 1. The lowest BCUT2D eigenvalue weighted by atomic mass is 10.2. The molecule has 2 saturated heterocycles. The Labute approximate surface area is 115 Å². The quantitative estimate of drug-likeness (QED) is 0.684.